The van der Waals surface area contributed by atoms with Crippen molar-refractivity contribution in [2.24, 2.45) is 0 Å². The highest BCUT2D eigenvalue weighted by Gasteiger charge is 2.55. The van der Waals surface area contributed by atoms with Gasteiger partial charge >= 0.3 is 0 Å². The van der Waals surface area contributed by atoms with Crippen molar-refractivity contribution in [3.63, 3.8) is 0 Å². The topological polar surface area (TPSA) is 64.1 Å². The molecule has 1 fully saturated rings. The van der Waals surface area contributed by atoms with Crippen LogP contribution in [-0.2, 0) is 15.8 Å². The maximum atomic E-state index is 13.7. The fraction of sp³-hybridized carbons (Fsp3) is 0.375. The van der Waals surface area contributed by atoms with Gasteiger partial charge in [-0.15, -0.1) is 0 Å². The Morgan fingerprint density at radius 3 is 2.29 bits per heavy atom. The van der Waals surface area contributed by atoms with Gasteiger partial charge in [0.05, 0.1) is 29.1 Å². The van der Waals surface area contributed by atoms with Crippen molar-refractivity contribution in [1.82, 2.24) is 9.31 Å². The first-order chi connectivity index (χ1) is 15.0. The van der Waals surface area contributed by atoms with Gasteiger partial charge in [0.1, 0.15) is 17.0 Å². The number of carbonyl (C=O) groups is 1. The largest absolute Gasteiger partial charge is 0.391 e. The number of aliphatic hydroxyl groups is 1. The molecule has 0 spiro atoms. The number of hydrazine groups is 1. The quantitative estimate of drug-likeness (QED) is 0.701. The van der Waals surface area contributed by atoms with Crippen molar-refractivity contribution in [2.75, 3.05) is 12.1 Å². The third kappa shape index (κ3) is 3.82. The fourth-order valence-electron chi connectivity index (χ4n) is 4.46. The van der Waals surface area contributed by atoms with Crippen molar-refractivity contribution < 1.29 is 14.1 Å². The van der Waals surface area contributed by atoms with Gasteiger partial charge < -0.3 is 10.1 Å². The molecule has 2 aliphatic rings. The van der Waals surface area contributed by atoms with E-state index in [1.807, 2.05) is 104 Å². The van der Waals surface area contributed by atoms with Gasteiger partial charge in [-0.3, -0.25) is 9.10 Å². The third-order valence-electron chi connectivity index (χ3n) is 6.22. The summed E-state index contributed by atoms with van der Waals surface area (Å²) in [5, 5.41) is 14.1. The van der Waals surface area contributed by atoms with Crippen LogP contribution in [0.3, 0.4) is 0 Å². The van der Waals surface area contributed by atoms with Crippen LogP contribution in [0.4, 0.5) is 5.69 Å². The van der Waals surface area contributed by atoms with Crippen LogP contribution in [0, 0.1) is 0 Å². The summed E-state index contributed by atoms with van der Waals surface area (Å²) < 4.78 is 15.0. The standard InChI is InChI=1S/C24H29N3O3S/c1-4-21(28)20-15-16-22-23(26(20)25(3)19-13-9-6-10-14-19)24(29)27(31(22)30)17(2)18-11-7-5-8-12-18/h5-17,20-23,28H,4H2,1-3H3/t17?,20-,21-,22+,23-,31?/m1/s1. The molecular formula is C24H29N3O3S. The minimum Gasteiger partial charge on any atom is -0.391 e. The summed E-state index contributed by atoms with van der Waals surface area (Å²) in [6.07, 6.45) is 3.66. The first-order valence-corrected chi connectivity index (χ1v) is 11.8. The Morgan fingerprint density at radius 2 is 1.68 bits per heavy atom. The second-order valence-electron chi connectivity index (χ2n) is 8.03. The van der Waals surface area contributed by atoms with Crippen LogP contribution in [-0.4, -0.2) is 55.0 Å². The van der Waals surface area contributed by atoms with Crippen molar-refractivity contribution in [2.45, 2.75) is 49.7 Å². The van der Waals surface area contributed by atoms with Gasteiger partial charge in [-0.2, -0.15) is 5.01 Å². The smallest absolute Gasteiger partial charge is 0.255 e. The number of amides is 1. The van der Waals surface area contributed by atoms with Crippen LogP contribution in [0.2, 0.25) is 0 Å². The Kier molecular flexibility index (Phi) is 6.27. The minimum atomic E-state index is -1.51. The van der Waals surface area contributed by atoms with Gasteiger partial charge in [-0.1, -0.05) is 67.6 Å². The molecule has 2 heterocycles. The second kappa shape index (κ2) is 8.94. The lowest BCUT2D eigenvalue weighted by atomic mass is 9.97. The molecule has 164 valence electrons. The van der Waals surface area contributed by atoms with Gasteiger partial charge in [0.2, 0.25) is 0 Å². The summed E-state index contributed by atoms with van der Waals surface area (Å²) >= 11 is 0. The molecule has 0 saturated carbocycles. The van der Waals surface area contributed by atoms with Gasteiger partial charge in [0, 0.05) is 7.05 Å². The fourth-order valence-corrected chi connectivity index (χ4v) is 6.13. The van der Waals surface area contributed by atoms with Gasteiger partial charge in [-0.25, -0.2) is 4.21 Å². The molecule has 4 rings (SSSR count). The SMILES string of the molecule is CC[C@@H](O)[C@H]1C=C[C@H]2[C@H](C(=O)N(C(C)c3ccccc3)S2=O)N1N(C)c1ccccc1. The van der Waals surface area contributed by atoms with Crippen LogP contribution < -0.4 is 5.01 Å². The van der Waals surface area contributed by atoms with E-state index < -0.39 is 28.4 Å². The maximum absolute atomic E-state index is 13.7. The zero-order chi connectivity index (χ0) is 22.1. The molecule has 2 unspecified atom stereocenters. The predicted octanol–water partition coefficient (Wildman–Crippen LogP) is 3.05. The van der Waals surface area contributed by atoms with E-state index in [1.54, 1.807) is 0 Å². The number of benzene rings is 2. The van der Waals surface area contributed by atoms with E-state index in [9.17, 15) is 14.1 Å². The summed E-state index contributed by atoms with van der Waals surface area (Å²) in [5.74, 6) is -0.180. The molecule has 1 saturated heterocycles. The Balaban J connectivity index is 1.74. The lowest BCUT2D eigenvalue weighted by Gasteiger charge is -2.45. The van der Waals surface area contributed by atoms with Crippen LogP contribution in [0.25, 0.3) is 0 Å². The lowest BCUT2D eigenvalue weighted by molar-refractivity contribution is -0.133. The molecule has 31 heavy (non-hydrogen) atoms. The Labute approximate surface area is 186 Å². The molecule has 6 atom stereocenters. The number of hydrogen-bond acceptors (Lipinski definition) is 5. The Bertz CT molecular complexity index is 969. The molecule has 2 aliphatic heterocycles. The van der Waals surface area contributed by atoms with E-state index in [0.717, 1.165) is 11.3 Å². The van der Waals surface area contributed by atoms with Crippen molar-refractivity contribution >= 4 is 22.6 Å². The normalized spacial score (nSPS) is 27.7. The van der Waals surface area contributed by atoms with Crippen molar-refractivity contribution in [1.29, 1.82) is 0 Å². The number of aliphatic hydroxyl groups excluding tert-OH is 1. The third-order valence-corrected chi connectivity index (χ3v) is 7.98. The number of fused-ring (bicyclic) bond motifs is 1. The first kappa shape index (κ1) is 21.7. The van der Waals surface area contributed by atoms with E-state index in [2.05, 4.69) is 0 Å². The van der Waals surface area contributed by atoms with Gasteiger partial charge in [0.25, 0.3) is 5.91 Å². The van der Waals surface area contributed by atoms with Gasteiger partial charge in [-0.05, 0) is 31.0 Å². The summed E-state index contributed by atoms with van der Waals surface area (Å²) in [6, 6.07) is 18.1. The number of rotatable bonds is 6. The first-order valence-electron chi connectivity index (χ1n) is 10.7. The van der Waals surface area contributed by atoms with E-state index in [0.29, 0.717) is 6.42 Å². The average Bonchev–Trinajstić information content (AvgIpc) is 3.08. The van der Waals surface area contributed by atoms with Gasteiger partial charge in [0.15, 0.2) is 0 Å². The van der Waals surface area contributed by atoms with Crippen LogP contribution in [0.1, 0.15) is 31.9 Å². The lowest BCUT2D eigenvalue weighted by Crippen LogP contribution is -2.62. The zero-order valence-electron chi connectivity index (χ0n) is 18.0. The molecule has 2 aromatic carbocycles. The number of carbonyl (C=O) groups excluding carboxylic acids is 1. The monoisotopic (exact) mass is 439 g/mol. The average molecular weight is 440 g/mol. The number of anilines is 1. The highest BCUT2D eigenvalue weighted by atomic mass is 32.2. The van der Waals surface area contributed by atoms with E-state index >= 15 is 0 Å². The van der Waals surface area contributed by atoms with E-state index in [-0.39, 0.29) is 18.0 Å². The van der Waals surface area contributed by atoms with Crippen LogP contribution in [0.15, 0.2) is 72.8 Å². The van der Waals surface area contributed by atoms with Crippen molar-refractivity contribution in [3.05, 3.63) is 78.4 Å². The predicted molar refractivity (Wildman–Crippen MR) is 123 cm³/mol. The molecule has 6 nitrogen and oxygen atoms in total. The molecule has 0 aliphatic carbocycles. The molecule has 0 bridgehead atoms. The summed E-state index contributed by atoms with van der Waals surface area (Å²) in [5.41, 5.74) is 1.85. The molecule has 1 amide bonds. The van der Waals surface area contributed by atoms with E-state index in [4.69, 9.17) is 0 Å². The molecule has 1 N–H and O–H groups in total. The Hall–Kier alpha value is -2.48. The molecule has 7 heteroatoms. The highest BCUT2D eigenvalue weighted by molar-refractivity contribution is 7.84. The number of hydrogen-bond donors (Lipinski definition) is 1. The number of para-hydroxylation sites is 1. The summed E-state index contributed by atoms with van der Waals surface area (Å²) in [7, 11) is 0.375. The molecule has 2 aromatic rings. The van der Waals surface area contributed by atoms with Crippen LogP contribution in [0.5, 0.6) is 0 Å². The maximum Gasteiger partial charge on any atom is 0.255 e. The number of nitrogens with zero attached hydrogens (tertiary/aromatic N) is 3. The molecule has 0 radical (unpaired) electrons. The molecule has 0 aromatic heterocycles. The van der Waals surface area contributed by atoms with E-state index in [1.165, 1.54) is 4.31 Å². The minimum absolute atomic E-state index is 0.180. The highest BCUT2D eigenvalue weighted by Crippen LogP contribution is 2.38. The second-order valence-corrected chi connectivity index (χ2v) is 9.52. The summed E-state index contributed by atoms with van der Waals surface area (Å²) in [4.78, 5) is 13.7. The summed E-state index contributed by atoms with van der Waals surface area (Å²) in [6.45, 7) is 3.83. The molecular weight excluding hydrogens is 410 g/mol. The van der Waals surface area contributed by atoms with Crippen molar-refractivity contribution in [3.8, 4) is 0 Å². The zero-order valence-corrected chi connectivity index (χ0v) is 18.9. The van der Waals surface area contributed by atoms with Crippen LogP contribution >= 0.6 is 0 Å². The Morgan fingerprint density at radius 1 is 1.06 bits per heavy atom.